The minimum atomic E-state index is -0.596. The molecule has 0 heterocycles. The van der Waals surface area contributed by atoms with E-state index in [-0.39, 0.29) is 30.4 Å². The van der Waals surface area contributed by atoms with Crippen LogP contribution in [0.2, 0.25) is 0 Å². The molecule has 0 amide bonds. The van der Waals surface area contributed by atoms with Crippen LogP contribution in [0.25, 0.3) is 0 Å². The van der Waals surface area contributed by atoms with E-state index < -0.39 is 5.60 Å². The molecule has 4 aliphatic carbocycles. The maximum atomic E-state index is 13.4. The average molecular weight is 559 g/mol. The lowest BCUT2D eigenvalue weighted by Gasteiger charge is -2.39. The first-order valence-corrected chi connectivity index (χ1v) is 17.7. The van der Waals surface area contributed by atoms with Gasteiger partial charge in [0.05, 0.1) is 11.8 Å². The van der Waals surface area contributed by atoms with Gasteiger partial charge in [-0.1, -0.05) is 59.8 Å². The maximum absolute atomic E-state index is 13.4. The summed E-state index contributed by atoms with van der Waals surface area (Å²) >= 11 is 0. The number of hydrogen-bond acceptors (Lipinski definition) is 4. The summed E-state index contributed by atoms with van der Waals surface area (Å²) in [4.78, 5) is 26.6. The first-order valence-electron chi connectivity index (χ1n) is 17.7. The van der Waals surface area contributed by atoms with Crippen molar-refractivity contribution in [2.75, 3.05) is 6.61 Å². The third-order valence-electron chi connectivity index (χ3n) is 11.8. The van der Waals surface area contributed by atoms with E-state index in [1.54, 1.807) is 0 Å². The van der Waals surface area contributed by atoms with Gasteiger partial charge in [0.25, 0.3) is 0 Å². The average Bonchev–Trinajstić information content (AvgIpc) is 2.97. The highest BCUT2D eigenvalue weighted by molar-refractivity contribution is 5.74. The molecule has 0 spiro atoms. The van der Waals surface area contributed by atoms with Crippen LogP contribution in [-0.2, 0) is 19.1 Å². The number of hydrogen-bond donors (Lipinski definition) is 0. The van der Waals surface area contributed by atoms with Crippen LogP contribution in [0.15, 0.2) is 0 Å². The van der Waals surface area contributed by atoms with Crippen LogP contribution < -0.4 is 0 Å². The first kappa shape index (κ1) is 31.9. The molecule has 0 aromatic rings. The fourth-order valence-corrected chi connectivity index (χ4v) is 8.82. The van der Waals surface area contributed by atoms with Crippen LogP contribution in [0.1, 0.15) is 156 Å². The van der Waals surface area contributed by atoms with Gasteiger partial charge >= 0.3 is 11.9 Å². The summed E-state index contributed by atoms with van der Waals surface area (Å²) in [6.45, 7) is 9.63. The smallest absolute Gasteiger partial charge is 0.309 e. The molecule has 4 nitrogen and oxygen atoms in total. The molecular formula is C36H62O4. The lowest BCUT2D eigenvalue weighted by atomic mass is 9.69. The number of carbonyl (C=O) groups excluding carboxylic acids is 2. The van der Waals surface area contributed by atoms with Crippen LogP contribution in [0.5, 0.6) is 0 Å². The fraction of sp³-hybridized carbons (Fsp3) is 0.944. The number of rotatable bonds is 11. The highest BCUT2D eigenvalue weighted by Gasteiger charge is 2.41. The Morgan fingerprint density at radius 2 is 1.27 bits per heavy atom. The Hall–Kier alpha value is -1.06. The van der Waals surface area contributed by atoms with Crippen molar-refractivity contribution in [2.24, 2.45) is 47.3 Å². The van der Waals surface area contributed by atoms with Crippen LogP contribution in [0.4, 0.5) is 0 Å². The zero-order chi connectivity index (χ0) is 28.5. The fourth-order valence-electron chi connectivity index (χ4n) is 8.82. The van der Waals surface area contributed by atoms with Crippen LogP contribution in [0, 0.1) is 47.3 Å². The van der Waals surface area contributed by atoms with Gasteiger partial charge in [-0.15, -0.1) is 0 Å². The Balaban J connectivity index is 1.23. The van der Waals surface area contributed by atoms with Gasteiger partial charge in [-0.2, -0.15) is 0 Å². The van der Waals surface area contributed by atoms with Crippen molar-refractivity contribution < 1.29 is 19.1 Å². The predicted octanol–water partition coefficient (Wildman–Crippen LogP) is 9.68. The molecule has 1 atom stereocenters. The summed E-state index contributed by atoms with van der Waals surface area (Å²) < 4.78 is 12.3. The van der Waals surface area contributed by atoms with Gasteiger partial charge in [-0.05, 0) is 132 Å². The molecule has 0 radical (unpaired) electrons. The highest BCUT2D eigenvalue weighted by atomic mass is 16.6. The third-order valence-corrected chi connectivity index (χ3v) is 11.8. The van der Waals surface area contributed by atoms with Gasteiger partial charge in [0.1, 0.15) is 12.2 Å². The maximum Gasteiger partial charge on any atom is 0.309 e. The van der Waals surface area contributed by atoms with Crippen molar-refractivity contribution in [2.45, 2.75) is 162 Å². The Morgan fingerprint density at radius 1 is 0.725 bits per heavy atom. The summed E-state index contributed by atoms with van der Waals surface area (Å²) in [5, 5.41) is 0. The zero-order valence-corrected chi connectivity index (χ0v) is 26.6. The topological polar surface area (TPSA) is 52.6 Å². The molecule has 0 N–H and O–H groups in total. The van der Waals surface area contributed by atoms with E-state index in [0.29, 0.717) is 0 Å². The molecule has 0 saturated heterocycles. The van der Waals surface area contributed by atoms with Crippen LogP contribution >= 0.6 is 0 Å². The SMILES string of the molecule is CCC(CCC(C)C)C1CCC(C(=O)OC2(COC(=O)C3CCC(C4CCC(C)CC4)CC3)CCCCC2)CC1. The lowest BCUT2D eigenvalue weighted by molar-refractivity contribution is -0.184. The van der Waals surface area contributed by atoms with E-state index in [0.717, 1.165) is 99.7 Å². The van der Waals surface area contributed by atoms with E-state index >= 15 is 0 Å². The van der Waals surface area contributed by atoms with Gasteiger partial charge in [0.15, 0.2) is 0 Å². The predicted molar refractivity (Wildman–Crippen MR) is 163 cm³/mol. The van der Waals surface area contributed by atoms with Crippen molar-refractivity contribution in [3.05, 3.63) is 0 Å². The summed E-state index contributed by atoms with van der Waals surface area (Å²) in [6.07, 6.45) is 22.9. The molecular weight excluding hydrogens is 496 g/mol. The molecule has 0 bridgehead atoms. The van der Waals surface area contributed by atoms with Gasteiger partial charge in [0, 0.05) is 0 Å². The summed E-state index contributed by atoms with van der Waals surface area (Å²) in [5.41, 5.74) is -0.596. The molecule has 4 rings (SSSR count). The minimum absolute atomic E-state index is 0.0195. The Bertz CT molecular complexity index is 760. The lowest BCUT2D eigenvalue weighted by Crippen LogP contribution is -2.44. The molecule has 0 aromatic heterocycles. The first-order chi connectivity index (χ1) is 19.3. The molecule has 4 heteroatoms. The van der Waals surface area contributed by atoms with E-state index in [9.17, 15) is 9.59 Å². The van der Waals surface area contributed by atoms with Crippen molar-refractivity contribution in [1.82, 2.24) is 0 Å². The molecule has 0 aliphatic heterocycles. The second-order valence-corrected chi connectivity index (χ2v) is 15.2. The van der Waals surface area contributed by atoms with E-state index in [2.05, 4.69) is 27.7 Å². The standard InChI is InChI=1S/C36H62O4/c1-5-28(12-9-26(2)3)29-15-21-33(22-16-29)35(38)40-36(23-7-6-8-24-36)25-39-34(37)32-19-17-31(18-20-32)30-13-10-27(4)11-14-30/h26-33H,5-25H2,1-4H3. The Kier molecular flexibility index (Phi) is 12.3. The Labute approximate surface area is 246 Å². The third kappa shape index (κ3) is 8.97. The quantitative estimate of drug-likeness (QED) is 0.237. The van der Waals surface area contributed by atoms with Crippen molar-refractivity contribution >= 4 is 11.9 Å². The van der Waals surface area contributed by atoms with Gasteiger partial charge in [-0.25, -0.2) is 0 Å². The van der Waals surface area contributed by atoms with Crippen LogP contribution in [0.3, 0.4) is 0 Å². The number of ether oxygens (including phenoxy) is 2. The second kappa shape index (κ2) is 15.4. The summed E-state index contributed by atoms with van der Waals surface area (Å²) in [6, 6.07) is 0. The largest absolute Gasteiger partial charge is 0.461 e. The molecule has 0 aromatic carbocycles. The van der Waals surface area contributed by atoms with Gasteiger partial charge in [0.2, 0.25) is 0 Å². The second-order valence-electron chi connectivity index (χ2n) is 15.2. The molecule has 4 fully saturated rings. The number of esters is 2. The zero-order valence-electron chi connectivity index (χ0n) is 26.6. The minimum Gasteiger partial charge on any atom is -0.461 e. The molecule has 40 heavy (non-hydrogen) atoms. The molecule has 1 unspecified atom stereocenters. The van der Waals surface area contributed by atoms with Crippen molar-refractivity contribution in [3.63, 3.8) is 0 Å². The molecule has 4 saturated carbocycles. The molecule has 4 aliphatic rings. The monoisotopic (exact) mass is 558 g/mol. The normalized spacial score (nSPS) is 33.7. The summed E-state index contributed by atoms with van der Waals surface area (Å²) in [5.74, 6) is 4.89. The summed E-state index contributed by atoms with van der Waals surface area (Å²) in [7, 11) is 0. The Morgan fingerprint density at radius 3 is 1.85 bits per heavy atom. The van der Waals surface area contributed by atoms with Gasteiger partial charge < -0.3 is 9.47 Å². The van der Waals surface area contributed by atoms with Crippen LogP contribution in [-0.4, -0.2) is 24.1 Å². The number of carbonyl (C=O) groups is 2. The van der Waals surface area contributed by atoms with E-state index in [4.69, 9.17) is 9.47 Å². The van der Waals surface area contributed by atoms with Crippen molar-refractivity contribution in [1.29, 1.82) is 0 Å². The van der Waals surface area contributed by atoms with Gasteiger partial charge in [-0.3, -0.25) is 9.59 Å². The van der Waals surface area contributed by atoms with Crippen molar-refractivity contribution in [3.8, 4) is 0 Å². The van der Waals surface area contributed by atoms with E-state index in [1.807, 2.05) is 0 Å². The van der Waals surface area contributed by atoms with E-state index in [1.165, 1.54) is 64.2 Å². The highest BCUT2D eigenvalue weighted by Crippen LogP contribution is 2.43. The molecule has 230 valence electrons.